The standard InChI is InChI=1S/C19H24N2O4/c1-13-3-5-17(14(2)9-13)24-12-16-4-6-18(25-16)19(23)21-8-7-20-10-15(21)11-22/h3-6,9,15,20,22H,7-8,10-12H2,1-2H3. The number of ether oxygens (including phenoxy) is 1. The SMILES string of the molecule is Cc1ccc(OCc2ccc(C(=O)N3CCNCC3CO)o2)c(C)c1. The summed E-state index contributed by atoms with van der Waals surface area (Å²) in [5, 5.41) is 12.6. The van der Waals surface area contributed by atoms with Crippen molar-refractivity contribution in [2.45, 2.75) is 26.5 Å². The Balaban J connectivity index is 1.64. The first-order valence-corrected chi connectivity index (χ1v) is 8.50. The molecule has 3 rings (SSSR count). The Morgan fingerprint density at radius 3 is 2.96 bits per heavy atom. The molecule has 1 amide bonds. The summed E-state index contributed by atoms with van der Waals surface area (Å²) in [4.78, 5) is 14.3. The van der Waals surface area contributed by atoms with Crippen LogP contribution in [0.15, 0.2) is 34.7 Å². The number of nitrogens with one attached hydrogen (secondary N) is 1. The quantitative estimate of drug-likeness (QED) is 0.866. The van der Waals surface area contributed by atoms with E-state index >= 15 is 0 Å². The number of hydrogen-bond acceptors (Lipinski definition) is 5. The highest BCUT2D eigenvalue weighted by molar-refractivity contribution is 5.91. The minimum absolute atomic E-state index is 0.0673. The van der Waals surface area contributed by atoms with Gasteiger partial charge in [0.25, 0.3) is 5.91 Å². The molecule has 25 heavy (non-hydrogen) atoms. The maximum atomic E-state index is 12.6. The molecule has 1 atom stereocenters. The number of carbonyl (C=O) groups excluding carboxylic acids is 1. The van der Waals surface area contributed by atoms with Crippen molar-refractivity contribution in [2.24, 2.45) is 0 Å². The lowest BCUT2D eigenvalue weighted by atomic mass is 10.1. The summed E-state index contributed by atoms with van der Waals surface area (Å²) < 4.78 is 11.4. The Labute approximate surface area is 147 Å². The van der Waals surface area contributed by atoms with E-state index in [4.69, 9.17) is 9.15 Å². The number of piperazine rings is 1. The zero-order valence-corrected chi connectivity index (χ0v) is 14.6. The second kappa shape index (κ2) is 7.72. The molecule has 0 aliphatic carbocycles. The molecule has 1 aliphatic heterocycles. The topological polar surface area (TPSA) is 74.9 Å². The lowest BCUT2D eigenvalue weighted by Gasteiger charge is -2.34. The number of nitrogens with zero attached hydrogens (tertiary/aromatic N) is 1. The van der Waals surface area contributed by atoms with Gasteiger partial charge in [-0.3, -0.25) is 4.79 Å². The largest absolute Gasteiger partial charge is 0.485 e. The molecule has 0 bridgehead atoms. The van der Waals surface area contributed by atoms with Gasteiger partial charge in [-0.05, 0) is 37.6 Å². The molecule has 134 valence electrons. The fourth-order valence-electron chi connectivity index (χ4n) is 3.01. The van der Waals surface area contributed by atoms with Gasteiger partial charge in [0.2, 0.25) is 0 Å². The van der Waals surface area contributed by atoms with Gasteiger partial charge in [0, 0.05) is 19.6 Å². The predicted molar refractivity (Wildman–Crippen MR) is 93.7 cm³/mol. The minimum Gasteiger partial charge on any atom is -0.485 e. The molecule has 1 saturated heterocycles. The van der Waals surface area contributed by atoms with Crippen molar-refractivity contribution in [3.8, 4) is 5.75 Å². The van der Waals surface area contributed by atoms with Crippen molar-refractivity contribution in [3.05, 3.63) is 53.0 Å². The van der Waals surface area contributed by atoms with Gasteiger partial charge < -0.3 is 24.5 Å². The second-order valence-corrected chi connectivity index (χ2v) is 6.36. The summed E-state index contributed by atoms with van der Waals surface area (Å²) in [7, 11) is 0. The van der Waals surface area contributed by atoms with Gasteiger partial charge in [-0.25, -0.2) is 0 Å². The van der Waals surface area contributed by atoms with Crippen LogP contribution in [0.3, 0.4) is 0 Å². The van der Waals surface area contributed by atoms with Crippen molar-refractivity contribution >= 4 is 5.91 Å². The van der Waals surface area contributed by atoms with Crippen molar-refractivity contribution in [1.29, 1.82) is 0 Å². The molecule has 2 N–H and O–H groups in total. The Morgan fingerprint density at radius 2 is 2.20 bits per heavy atom. The number of aryl methyl sites for hydroxylation is 2. The van der Waals surface area contributed by atoms with Gasteiger partial charge >= 0.3 is 0 Å². The molecule has 1 aliphatic rings. The maximum Gasteiger partial charge on any atom is 0.289 e. The smallest absolute Gasteiger partial charge is 0.289 e. The van der Waals surface area contributed by atoms with Crippen LogP contribution in [0.2, 0.25) is 0 Å². The number of aliphatic hydroxyl groups excluding tert-OH is 1. The van der Waals surface area contributed by atoms with Gasteiger partial charge in [-0.15, -0.1) is 0 Å². The average molecular weight is 344 g/mol. The highest BCUT2D eigenvalue weighted by atomic mass is 16.5. The Bertz CT molecular complexity index is 741. The minimum atomic E-state index is -0.221. The molecule has 1 aromatic heterocycles. The number of hydrogen-bond donors (Lipinski definition) is 2. The van der Waals surface area contributed by atoms with E-state index in [9.17, 15) is 9.90 Å². The van der Waals surface area contributed by atoms with Gasteiger partial charge in [0.15, 0.2) is 5.76 Å². The molecule has 2 heterocycles. The number of benzene rings is 1. The third-order valence-electron chi connectivity index (χ3n) is 4.39. The van der Waals surface area contributed by atoms with Crippen LogP contribution in [0.25, 0.3) is 0 Å². The molecule has 0 saturated carbocycles. The van der Waals surface area contributed by atoms with E-state index in [1.807, 2.05) is 26.0 Å². The summed E-state index contributed by atoms with van der Waals surface area (Å²) in [6, 6.07) is 9.20. The van der Waals surface area contributed by atoms with E-state index in [1.165, 1.54) is 5.56 Å². The van der Waals surface area contributed by atoms with E-state index in [-0.39, 0.29) is 30.9 Å². The van der Waals surface area contributed by atoms with E-state index in [0.717, 1.165) is 11.3 Å². The number of rotatable bonds is 5. The van der Waals surface area contributed by atoms with Crippen LogP contribution in [-0.2, 0) is 6.61 Å². The van der Waals surface area contributed by atoms with Gasteiger partial charge in [0.05, 0.1) is 12.6 Å². The average Bonchev–Trinajstić information content (AvgIpc) is 3.09. The summed E-state index contributed by atoms with van der Waals surface area (Å²) in [5.41, 5.74) is 2.25. The van der Waals surface area contributed by atoms with Crippen molar-refractivity contribution in [3.63, 3.8) is 0 Å². The van der Waals surface area contributed by atoms with Crippen molar-refractivity contribution < 1.29 is 19.1 Å². The molecule has 6 nitrogen and oxygen atoms in total. The highest BCUT2D eigenvalue weighted by Crippen LogP contribution is 2.21. The highest BCUT2D eigenvalue weighted by Gasteiger charge is 2.28. The normalized spacial score (nSPS) is 17.6. The third kappa shape index (κ3) is 4.03. The van der Waals surface area contributed by atoms with Crippen LogP contribution in [0, 0.1) is 13.8 Å². The second-order valence-electron chi connectivity index (χ2n) is 6.36. The molecule has 6 heteroatoms. The third-order valence-corrected chi connectivity index (χ3v) is 4.39. The zero-order valence-electron chi connectivity index (χ0n) is 14.6. The lowest BCUT2D eigenvalue weighted by molar-refractivity contribution is 0.0502. The number of furan rings is 1. The van der Waals surface area contributed by atoms with Crippen molar-refractivity contribution in [1.82, 2.24) is 10.2 Å². The van der Waals surface area contributed by atoms with Crippen LogP contribution < -0.4 is 10.1 Å². The summed E-state index contributed by atoms with van der Waals surface area (Å²) >= 11 is 0. The number of amides is 1. The fourth-order valence-corrected chi connectivity index (χ4v) is 3.01. The first-order chi connectivity index (χ1) is 12.1. The summed E-state index contributed by atoms with van der Waals surface area (Å²) in [5.74, 6) is 1.48. The molecular weight excluding hydrogens is 320 g/mol. The van der Waals surface area contributed by atoms with Gasteiger partial charge in [0.1, 0.15) is 18.1 Å². The predicted octanol–water partition coefficient (Wildman–Crippen LogP) is 1.88. The van der Waals surface area contributed by atoms with E-state index in [1.54, 1.807) is 17.0 Å². The molecular formula is C19H24N2O4. The fraction of sp³-hybridized carbons (Fsp3) is 0.421. The Hall–Kier alpha value is -2.31. The van der Waals surface area contributed by atoms with Gasteiger partial charge in [-0.2, -0.15) is 0 Å². The summed E-state index contributed by atoms with van der Waals surface area (Å²) in [6.45, 7) is 6.09. The molecule has 1 aromatic carbocycles. The van der Waals surface area contributed by atoms with Crippen LogP contribution in [-0.4, -0.2) is 48.2 Å². The molecule has 0 spiro atoms. The van der Waals surface area contributed by atoms with E-state index in [2.05, 4.69) is 11.4 Å². The first-order valence-electron chi connectivity index (χ1n) is 8.50. The van der Waals surface area contributed by atoms with E-state index in [0.29, 0.717) is 25.4 Å². The molecule has 1 fully saturated rings. The van der Waals surface area contributed by atoms with E-state index < -0.39 is 0 Å². The van der Waals surface area contributed by atoms with Crippen LogP contribution in [0.1, 0.15) is 27.4 Å². The maximum absolute atomic E-state index is 12.6. The number of aliphatic hydroxyl groups is 1. The number of carbonyl (C=O) groups is 1. The zero-order chi connectivity index (χ0) is 17.8. The Kier molecular flexibility index (Phi) is 5.40. The summed E-state index contributed by atoms with van der Waals surface area (Å²) in [6.07, 6.45) is 0. The van der Waals surface area contributed by atoms with Gasteiger partial charge in [-0.1, -0.05) is 17.7 Å². The van der Waals surface area contributed by atoms with Crippen LogP contribution in [0.5, 0.6) is 5.75 Å². The first kappa shape index (κ1) is 17.5. The van der Waals surface area contributed by atoms with Crippen LogP contribution >= 0.6 is 0 Å². The monoisotopic (exact) mass is 344 g/mol. The van der Waals surface area contributed by atoms with Crippen LogP contribution in [0.4, 0.5) is 0 Å². The molecule has 1 unspecified atom stereocenters. The lowest BCUT2D eigenvalue weighted by Crippen LogP contribution is -2.55. The van der Waals surface area contributed by atoms with Crippen molar-refractivity contribution in [2.75, 3.05) is 26.2 Å². The Morgan fingerprint density at radius 1 is 1.36 bits per heavy atom. The molecule has 0 radical (unpaired) electrons. The molecule has 2 aromatic rings.